The first-order chi connectivity index (χ1) is 9.65. The number of thiophene rings is 1. The van der Waals surface area contributed by atoms with Crippen molar-refractivity contribution in [1.82, 2.24) is 15.0 Å². The summed E-state index contributed by atoms with van der Waals surface area (Å²) in [5, 5.41) is 0.329. The van der Waals surface area contributed by atoms with Gasteiger partial charge in [-0.25, -0.2) is 9.97 Å². The molecule has 2 N–H and O–H groups in total. The van der Waals surface area contributed by atoms with Gasteiger partial charge in [-0.15, -0.1) is 0 Å². The third-order valence-corrected chi connectivity index (χ3v) is 3.58. The fourth-order valence-corrected chi connectivity index (χ4v) is 2.63. The lowest BCUT2D eigenvalue weighted by atomic mass is 10.2. The molecule has 0 unspecified atom stereocenters. The van der Waals surface area contributed by atoms with E-state index in [1.807, 2.05) is 12.1 Å². The molecular weight excluding hydrogens is 276 g/mol. The van der Waals surface area contributed by atoms with Crippen molar-refractivity contribution in [2.45, 2.75) is 6.92 Å². The molecular formula is C13H10N4O2S. The molecule has 3 rings (SSSR count). The zero-order chi connectivity index (χ0) is 14.1. The molecule has 0 amide bonds. The van der Waals surface area contributed by atoms with Crippen LogP contribution in [0.15, 0.2) is 30.7 Å². The standard InChI is InChI=1S/C13H10N4O2S/c1-7(18)19-13-10(14)11-12(20-13)16-6-9(17-11)8-3-2-4-15-5-8/h2-6H,14H2,1H3. The van der Waals surface area contributed by atoms with Crippen LogP contribution in [-0.4, -0.2) is 20.9 Å². The molecule has 0 aromatic carbocycles. The maximum atomic E-state index is 11.0. The molecule has 0 fully saturated rings. The number of carbonyl (C=O) groups excluding carboxylic acids is 1. The van der Waals surface area contributed by atoms with Gasteiger partial charge in [-0.05, 0) is 12.1 Å². The Labute approximate surface area is 118 Å². The van der Waals surface area contributed by atoms with E-state index in [1.165, 1.54) is 18.3 Å². The topological polar surface area (TPSA) is 91.0 Å². The third-order valence-electron chi connectivity index (χ3n) is 2.60. The van der Waals surface area contributed by atoms with Crippen LogP contribution >= 0.6 is 11.3 Å². The summed E-state index contributed by atoms with van der Waals surface area (Å²) in [6.45, 7) is 1.33. The fourth-order valence-electron chi connectivity index (χ4n) is 1.73. The van der Waals surface area contributed by atoms with Gasteiger partial charge in [-0.3, -0.25) is 9.78 Å². The molecule has 3 aromatic rings. The Morgan fingerprint density at radius 2 is 2.25 bits per heavy atom. The van der Waals surface area contributed by atoms with Crippen LogP contribution in [0.2, 0.25) is 0 Å². The van der Waals surface area contributed by atoms with E-state index in [2.05, 4.69) is 15.0 Å². The molecule has 0 radical (unpaired) electrons. The van der Waals surface area contributed by atoms with E-state index in [9.17, 15) is 4.79 Å². The van der Waals surface area contributed by atoms with Crippen molar-refractivity contribution in [2.75, 3.05) is 5.73 Å². The van der Waals surface area contributed by atoms with Crippen molar-refractivity contribution in [1.29, 1.82) is 0 Å². The predicted octanol–water partition coefficient (Wildman–Crippen LogP) is 2.26. The maximum Gasteiger partial charge on any atom is 0.308 e. The quantitative estimate of drug-likeness (QED) is 0.727. The Balaban J connectivity index is 2.11. The van der Waals surface area contributed by atoms with E-state index in [4.69, 9.17) is 10.5 Å². The van der Waals surface area contributed by atoms with Crippen LogP contribution in [0.1, 0.15) is 6.92 Å². The number of fused-ring (bicyclic) bond motifs is 1. The largest absolute Gasteiger partial charge is 0.413 e. The number of nitrogens with zero attached hydrogens (tertiary/aromatic N) is 3. The highest BCUT2D eigenvalue weighted by molar-refractivity contribution is 7.21. The summed E-state index contributed by atoms with van der Waals surface area (Å²) in [5.74, 6) is -0.421. The Kier molecular flexibility index (Phi) is 3.03. The average molecular weight is 286 g/mol. The maximum absolute atomic E-state index is 11.0. The van der Waals surface area contributed by atoms with Crippen LogP contribution in [0.3, 0.4) is 0 Å². The second-order valence-electron chi connectivity index (χ2n) is 4.05. The summed E-state index contributed by atoms with van der Waals surface area (Å²) in [6, 6.07) is 3.71. The number of rotatable bonds is 2. The van der Waals surface area contributed by atoms with E-state index in [0.717, 1.165) is 5.56 Å². The van der Waals surface area contributed by atoms with Crippen LogP contribution in [0.5, 0.6) is 5.06 Å². The van der Waals surface area contributed by atoms with Gasteiger partial charge < -0.3 is 10.5 Å². The Morgan fingerprint density at radius 3 is 2.95 bits per heavy atom. The number of carbonyl (C=O) groups is 1. The molecule has 20 heavy (non-hydrogen) atoms. The molecule has 0 atom stereocenters. The van der Waals surface area contributed by atoms with Crippen LogP contribution in [0, 0.1) is 0 Å². The molecule has 0 aliphatic rings. The highest BCUT2D eigenvalue weighted by atomic mass is 32.1. The molecule has 3 aromatic heterocycles. The zero-order valence-electron chi connectivity index (χ0n) is 10.5. The van der Waals surface area contributed by atoms with Gasteiger partial charge in [0.25, 0.3) is 0 Å². The molecule has 0 saturated heterocycles. The van der Waals surface area contributed by atoms with Crippen molar-refractivity contribution < 1.29 is 9.53 Å². The summed E-state index contributed by atoms with van der Waals surface area (Å²) >= 11 is 1.20. The van der Waals surface area contributed by atoms with E-state index in [1.54, 1.807) is 18.6 Å². The van der Waals surface area contributed by atoms with Crippen molar-refractivity contribution in [3.05, 3.63) is 30.7 Å². The Bertz CT molecular complexity index is 786. The first-order valence-electron chi connectivity index (χ1n) is 5.79. The molecule has 100 valence electrons. The number of anilines is 1. The van der Waals surface area contributed by atoms with Gasteiger partial charge in [0.05, 0.1) is 11.9 Å². The van der Waals surface area contributed by atoms with Gasteiger partial charge >= 0.3 is 5.97 Å². The SMILES string of the molecule is CC(=O)Oc1sc2ncc(-c3cccnc3)nc2c1N. The van der Waals surface area contributed by atoms with E-state index >= 15 is 0 Å². The molecule has 3 heterocycles. The molecule has 7 heteroatoms. The van der Waals surface area contributed by atoms with E-state index in [0.29, 0.717) is 26.8 Å². The van der Waals surface area contributed by atoms with Gasteiger partial charge in [0, 0.05) is 24.9 Å². The lowest BCUT2D eigenvalue weighted by Crippen LogP contribution is -2.01. The average Bonchev–Trinajstić information content (AvgIpc) is 2.75. The lowest BCUT2D eigenvalue weighted by molar-refractivity contribution is -0.131. The molecule has 6 nitrogen and oxygen atoms in total. The number of ether oxygens (including phenoxy) is 1. The molecule has 0 aliphatic carbocycles. The van der Waals surface area contributed by atoms with E-state index in [-0.39, 0.29) is 0 Å². The van der Waals surface area contributed by atoms with Crippen LogP contribution in [0.4, 0.5) is 5.69 Å². The Morgan fingerprint density at radius 1 is 1.40 bits per heavy atom. The second-order valence-corrected chi connectivity index (χ2v) is 5.01. The fraction of sp³-hybridized carbons (Fsp3) is 0.0769. The lowest BCUT2D eigenvalue weighted by Gasteiger charge is -2.00. The van der Waals surface area contributed by atoms with Gasteiger partial charge in [-0.1, -0.05) is 11.3 Å². The number of nitrogen functional groups attached to an aromatic ring is 1. The Hall–Kier alpha value is -2.54. The van der Waals surface area contributed by atoms with Crippen molar-refractivity contribution >= 4 is 33.3 Å². The van der Waals surface area contributed by atoms with E-state index < -0.39 is 5.97 Å². The third kappa shape index (κ3) is 2.19. The second kappa shape index (κ2) is 4.86. The number of hydrogen-bond acceptors (Lipinski definition) is 7. The minimum absolute atomic E-state index is 0.329. The summed E-state index contributed by atoms with van der Waals surface area (Å²) < 4.78 is 5.04. The minimum Gasteiger partial charge on any atom is -0.413 e. The number of aromatic nitrogens is 3. The van der Waals surface area contributed by atoms with Crippen molar-refractivity contribution in [3.63, 3.8) is 0 Å². The highest BCUT2D eigenvalue weighted by Crippen LogP contribution is 2.38. The smallest absolute Gasteiger partial charge is 0.308 e. The van der Waals surface area contributed by atoms with Crippen molar-refractivity contribution in [2.24, 2.45) is 0 Å². The monoisotopic (exact) mass is 286 g/mol. The first kappa shape index (κ1) is 12.5. The van der Waals surface area contributed by atoms with Gasteiger partial charge in [0.1, 0.15) is 16.0 Å². The summed E-state index contributed by atoms with van der Waals surface area (Å²) in [7, 11) is 0. The summed E-state index contributed by atoms with van der Waals surface area (Å²) in [6.07, 6.45) is 5.03. The molecule has 0 aliphatic heterocycles. The summed E-state index contributed by atoms with van der Waals surface area (Å²) in [5.41, 5.74) is 8.34. The molecule has 0 spiro atoms. The molecule has 0 saturated carbocycles. The van der Waals surface area contributed by atoms with Crippen molar-refractivity contribution in [3.8, 4) is 16.3 Å². The number of nitrogens with two attached hydrogens (primary N) is 1. The van der Waals surface area contributed by atoms with Crippen LogP contribution in [-0.2, 0) is 4.79 Å². The zero-order valence-corrected chi connectivity index (χ0v) is 11.3. The summed E-state index contributed by atoms with van der Waals surface area (Å²) in [4.78, 5) is 24.5. The number of hydrogen-bond donors (Lipinski definition) is 1. The van der Waals surface area contributed by atoms with Gasteiger partial charge in [0.2, 0.25) is 5.06 Å². The normalized spacial score (nSPS) is 10.7. The minimum atomic E-state index is -0.421. The van der Waals surface area contributed by atoms with Crippen LogP contribution in [0.25, 0.3) is 21.6 Å². The molecule has 0 bridgehead atoms. The van der Waals surface area contributed by atoms with Crippen LogP contribution < -0.4 is 10.5 Å². The number of esters is 1. The van der Waals surface area contributed by atoms with Gasteiger partial charge in [-0.2, -0.15) is 0 Å². The first-order valence-corrected chi connectivity index (χ1v) is 6.60. The van der Waals surface area contributed by atoms with Gasteiger partial charge in [0.15, 0.2) is 0 Å². The predicted molar refractivity (Wildman–Crippen MR) is 76.4 cm³/mol. The highest BCUT2D eigenvalue weighted by Gasteiger charge is 2.15. The number of pyridine rings is 1.